The second-order valence-corrected chi connectivity index (χ2v) is 9.12. The number of hydrogen-bond acceptors (Lipinski definition) is 3. The van der Waals surface area contributed by atoms with Gasteiger partial charge in [0.15, 0.2) is 0 Å². The van der Waals surface area contributed by atoms with E-state index in [4.69, 9.17) is 4.74 Å². The van der Waals surface area contributed by atoms with Gasteiger partial charge in [-0.2, -0.15) is 0 Å². The Balaban J connectivity index is 1.24. The van der Waals surface area contributed by atoms with Crippen LogP contribution in [0.2, 0.25) is 0 Å². The first-order chi connectivity index (χ1) is 15.1. The number of nitrogens with one attached hydrogen (secondary N) is 2. The number of rotatable bonds is 9. The lowest BCUT2D eigenvalue weighted by atomic mass is 9.77. The van der Waals surface area contributed by atoms with Crippen molar-refractivity contribution in [1.82, 2.24) is 15.2 Å². The van der Waals surface area contributed by atoms with Crippen LogP contribution in [0.4, 0.5) is 0 Å². The summed E-state index contributed by atoms with van der Waals surface area (Å²) in [6.07, 6.45) is 11.0. The topological polar surface area (TPSA) is 74.4 Å². The molecule has 2 bridgehead atoms. The highest BCUT2D eigenvalue weighted by molar-refractivity contribution is 5.93. The molecule has 3 aliphatic heterocycles. The van der Waals surface area contributed by atoms with Gasteiger partial charge in [-0.05, 0) is 24.5 Å². The standard InChI is InChI=1S/C25H31N3O3/c1-2-3-4-7-13-26-23(29)21-20-10-12-25(31-20)16-28(24(30)22(21)25)14-11-17-15-27-19-9-6-5-8-18(17)19/h5-6,8-10,12,15,20-22,27H,2-4,7,11,13-14,16H2,1H3,(H,26,29)/t20-,21-,22+,25+/m0/s1. The molecule has 1 aromatic carbocycles. The molecule has 2 amide bonds. The molecule has 0 saturated carbocycles. The largest absolute Gasteiger partial charge is 0.361 e. The third-order valence-electron chi connectivity index (χ3n) is 7.14. The number of carbonyl (C=O) groups excluding carboxylic acids is 2. The van der Waals surface area contributed by atoms with Crippen LogP contribution < -0.4 is 5.32 Å². The molecule has 6 nitrogen and oxygen atoms in total. The molecule has 1 spiro atoms. The summed E-state index contributed by atoms with van der Waals surface area (Å²) in [6.45, 7) is 4.01. The number of fused-ring (bicyclic) bond motifs is 2. The van der Waals surface area contributed by atoms with Gasteiger partial charge in [0.25, 0.3) is 0 Å². The Morgan fingerprint density at radius 1 is 1.29 bits per heavy atom. The molecule has 31 heavy (non-hydrogen) atoms. The molecular formula is C25H31N3O3. The zero-order valence-corrected chi connectivity index (χ0v) is 18.1. The number of benzene rings is 1. The van der Waals surface area contributed by atoms with Crippen molar-refractivity contribution < 1.29 is 14.3 Å². The van der Waals surface area contributed by atoms with Gasteiger partial charge in [0.2, 0.25) is 11.8 Å². The first kappa shape index (κ1) is 20.3. The van der Waals surface area contributed by atoms with Crippen molar-refractivity contribution in [3.8, 4) is 0 Å². The van der Waals surface area contributed by atoms with Gasteiger partial charge < -0.3 is 19.9 Å². The Morgan fingerprint density at radius 2 is 2.16 bits per heavy atom. The van der Waals surface area contributed by atoms with E-state index in [1.54, 1.807) is 0 Å². The van der Waals surface area contributed by atoms with Crippen molar-refractivity contribution in [3.63, 3.8) is 0 Å². The van der Waals surface area contributed by atoms with E-state index >= 15 is 0 Å². The monoisotopic (exact) mass is 421 g/mol. The first-order valence-electron chi connectivity index (χ1n) is 11.6. The first-order valence-corrected chi connectivity index (χ1v) is 11.6. The lowest BCUT2D eigenvalue weighted by Crippen LogP contribution is -2.44. The average Bonchev–Trinajstić information content (AvgIpc) is 3.52. The summed E-state index contributed by atoms with van der Waals surface area (Å²) in [5.41, 5.74) is 1.69. The number of amides is 2. The van der Waals surface area contributed by atoms with Crippen LogP contribution in [0.15, 0.2) is 42.6 Å². The molecule has 3 aliphatic rings. The molecule has 2 N–H and O–H groups in total. The molecule has 6 heteroatoms. The molecule has 1 aromatic heterocycles. The maximum atomic E-state index is 13.3. The van der Waals surface area contributed by atoms with Crippen LogP contribution >= 0.6 is 0 Å². The van der Waals surface area contributed by atoms with Gasteiger partial charge in [0.1, 0.15) is 5.60 Å². The number of H-pyrrole nitrogens is 1. The Morgan fingerprint density at radius 3 is 3.03 bits per heavy atom. The minimum Gasteiger partial charge on any atom is -0.361 e. The summed E-state index contributed by atoms with van der Waals surface area (Å²) in [7, 11) is 0. The fourth-order valence-corrected chi connectivity index (χ4v) is 5.54. The van der Waals surface area contributed by atoms with Gasteiger partial charge in [0.05, 0.1) is 24.5 Å². The molecule has 164 valence electrons. The number of hydrogen-bond donors (Lipinski definition) is 2. The number of carbonyl (C=O) groups is 2. The molecular weight excluding hydrogens is 390 g/mol. The highest BCUT2D eigenvalue weighted by Gasteiger charge is 2.66. The predicted molar refractivity (Wildman–Crippen MR) is 119 cm³/mol. The van der Waals surface area contributed by atoms with Crippen molar-refractivity contribution in [1.29, 1.82) is 0 Å². The second-order valence-electron chi connectivity index (χ2n) is 9.12. The maximum absolute atomic E-state index is 13.3. The smallest absolute Gasteiger partial charge is 0.230 e. The van der Waals surface area contributed by atoms with Gasteiger partial charge in [0, 0.05) is 30.2 Å². The van der Waals surface area contributed by atoms with Crippen LogP contribution in [0.25, 0.3) is 10.9 Å². The zero-order valence-electron chi connectivity index (χ0n) is 18.1. The van der Waals surface area contributed by atoms with Crippen LogP contribution in [0.5, 0.6) is 0 Å². The van der Waals surface area contributed by atoms with E-state index < -0.39 is 17.4 Å². The summed E-state index contributed by atoms with van der Waals surface area (Å²) in [5, 5.41) is 4.26. The van der Waals surface area contributed by atoms with Gasteiger partial charge in [-0.15, -0.1) is 0 Å². The van der Waals surface area contributed by atoms with E-state index in [-0.39, 0.29) is 17.9 Å². The Labute approximate surface area is 183 Å². The van der Waals surface area contributed by atoms with Crippen LogP contribution in [-0.2, 0) is 20.7 Å². The quantitative estimate of drug-likeness (QED) is 0.482. The van der Waals surface area contributed by atoms with Gasteiger partial charge >= 0.3 is 0 Å². The van der Waals surface area contributed by atoms with Crippen molar-refractivity contribution in [2.45, 2.75) is 50.7 Å². The molecule has 4 atom stereocenters. The van der Waals surface area contributed by atoms with E-state index in [0.29, 0.717) is 19.6 Å². The molecule has 5 rings (SSSR count). The Kier molecular flexibility index (Phi) is 5.34. The minimum atomic E-state index is -0.633. The van der Waals surface area contributed by atoms with Crippen LogP contribution in [0, 0.1) is 11.8 Å². The molecule has 0 radical (unpaired) electrons. The highest BCUT2D eigenvalue weighted by Crippen LogP contribution is 2.51. The van der Waals surface area contributed by atoms with Crippen molar-refractivity contribution in [3.05, 3.63) is 48.2 Å². The summed E-state index contributed by atoms with van der Waals surface area (Å²) in [4.78, 5) is 31.5. The van der Waals surface area contributed by atoms with Crippen molar-refractivity contribution in [2.75, 3.05) is 19.6 Å². The molecule has 2 aromatic rings. The Bertz CT molecular complexity index is 1010. The number of unbranched alkanes of at least 4 members (excludes halogenated alkanes) is 3. The van der Waals surface area contributed by atoms with E-state index in [1.165, 1.54) is 23.8 Å². The van der Waals surface area contributed by atoms with E-state index in [9.17, 15) is 9.59 Å². The number of nitrogens with zero attached hydrogens (tertiary/aromatic N) is 1. The van der Waals surface area contributed by atoms with Crippen LogP contribution in [0.1, 0.15) is 38.2 Å². The van der Waals surface area contributed by atoms with Gasteiger partial charge in [-0.25, -0.2) is 0 Å². The number of ether oxygens (including phenoxy) is 1. The molecule has 2 fully saturated rings. The zero-order chi connectivity index (χ0) is 21.4. The SMILES string of the molecule is CCCCCCNC(=O)[C@H]1[C@@H]2C=C[C@]3(CN(CCc4c[nH]c5ccccc45)C(=O)[C@@H]13)O2. The average molecular weight is 422 g/mol. The maximum Gasteiger partial charge on any atom is 0.230 e. The third kappa shape index (κ3) is 3.47. The van der Waals surface area contributed by atoms with E-state index in [2.05, 4.69) is 29.4 Å². The fraction of sp³-hybridized carbons (Fsp3) is 0.520. The second kappa shape index (κ2) is 8.15. The number of para-hydroxylation sites is 1. The number of aromatic nitrogens is 1. The van der Waals surface area contributed by atoms with E-state index in [1.807, 2.05) is 35.4 Å². The normalized spacial score (nSPS) is 28.6. The number of likely N-dealkylation sites (tertiary alicyclic amines) is 1. The minimum absolute atomic E-state index is 0.0375. The molecule has 0 unspecified atom stereocenters. The summed E-state index contributed by atoms with van der Waals surface area (Å²) >= 11 is 0. The number of aromatic amines is 1. The van der Waals surface area contributed by atoms with Crippen LogP contribution in [-0.4, -0.2) is 53.0 Å². The molecule has 2 saturated heterocycles. The third-order valence-corrected chi connectivity index (χ3v) is 7.14. The lowest BCUT2D eigenvalue weighted by molar-refractivity contribution is -0.137. The van der Waals surface area contributed by atoms with Gasteiger partial charge in [-0.3, -0.25) is 9.59 Å². The lowest BCUT2D eigenvalue weighted by Gasteiger charge is -2.23. The van der Waals surface area contributed by atoms with Gasteiger partial charge in [-0.1, -0.05) is 56.5 Å². The summed E-state index contributed by atoms with van der Waals surface area (Å²) < 4.78 is 6.23. The van der Waals surface area contributed by atoms with Crippen molar-refractivity contribution in [2.24, 2.45) is 11.8 Å². The molecule has 0 aliphatic carbocycles. The van der Waals surface area contributed by atoms with E-state index in [0.717, 1.165) is 24.8 Å². The highest BCUT2D eigenvalue weighted by atomic mass is 16.5. The molecule has 4 heterocycles. The fourth-order valence-electron chi connectivity index (χ4n) is 5.54. The van der Waals surface area contributed by atoms with Crippen molar-refractivity contribution >= 4 is 22.7 Å². The summed E-state index contributed by atoms with van der Waals surface area (Å²) in [5.74, 6) is -0.801. The Hall–Kier alpha value is -2.60. The predicted octanol–water partition coefficient (Wildman–Crippen LogP) is 3.19. The van der Waals surface area contributed by atoms with Crippen LogP contribution in [0.3, 0.4) is 0 Å². The summed E-state index contributed by atoms with van der Waals surface area (Å²) in [6, 6.07) is 8.22.